The number of carbonyl (C=O) groups excluding carboxylic acids is 1. The first kappa shape index (κ1) is 17.1. The zero-order valence-electron chi connectivity index (χ0n) is 12.6. The van der Waals surface area contributed by atoms with Crippen LogP contribution in [0.3, 0.4) is 0 Å². The van der Waals surface area contributed by atoms with Crippen LogP contribution in [0.4, 0.5) is 5.69 Å². The molecule has 0 atom stereocenters. The van der Waals surface area contributed by atoms with Crippen LogP contribution < -0.4 is 16.4 Å². The molecule has 2 aliphatic rings. The molecule has 1 amide bonds. The number of nitrogens with zero attached hydrogens (tertiary/aromatic N) is 1. The molecule has 0 spiro atoms. The van der Waals surface area contributed by atoms with Crippen molar-refractivity contribution in [2.45, 2.75) is 32.1 Å². The van der Waals surface area contributed by atoms with Gasteiger partial charge < -0.3 is 16.4 Å². The molecule has 0 radical (unpaired) electrons. The van der Waals surface area contributed by atoms with Crippen molar-refractivity contribution < 1.29 is 4.79 Å². The van der Waals surface area contributed by atoms with E-state index in [1.807, 2.05) is 6.07 Å². The molecule has 1 fully saturated rings. The third-order valence-electron chi connectivity index (χ3n) is 4.01. The Hall–Kier alpha value is -1.31. The molecule has 120 valence electrons. The van der Waals surface area contributed by atoms with Gasteiger partial charge in [-0.05, 0) is 55.4 Å². The van der Waals surface area contributed by atoms with Gasteiger partial charge in [-0.15, -0.1) is 24.0 Å². The number of anilines is 1. The summed E-state index contributed by atoms with van der Waals surface area (Å²) in [6, 6.07) is 6.36. The number of carbonyl (C=O) groups is 1. The molecular formula is C16H23IN4O. The lowest BCUT2D eigenvalue weighted by molar-refractivity contribution is -0.122. The first-order valence-electron chi connectivity index (χ1n) is 7.69. The van der Waals surface area contributed by atoms with Crippen LogP contribution in [0.25, 0.3) is 0 Å². The second kappa shape index (κ2) is 7.80. The highest BCUT2D eigenvalue weighted by Crippen LogP contribution is 2.28. The van der Waals surface area contributed by atoms with Gasteiger partial charge in [-0.3, -0.25) is 9.79 Å². The van der Waals surface area contributed by atoms with Gasteiger partial charge in [0.05, 0.1) is 6.54 Å². The largest absolute Gasteiger partial charge is 0.370 e. The van der Waals surface area contributed by atoms with Crippen molar-refractivity contribution in [3.8, 4) is 0 Å². The van der Waals surface area contributed by atoms with Crippen LogP contribution in [0, 0.1) is 5.92 Å². The van der Waals surface area contributed by atoms with Gasteiger partial charge in [-0.1, -0.05) is 6.07 Å². The maximum absolute atomic E-state index is 11.4. The second-order valence-corrected chi connectivity index (χ2v) is 5.79. The van der Waals surface area contributed by atoms with E-state index in [1.165, 1.54) is 24.0 Å². The Kier molecular flexibility index (Phi) is 6.05. The maximum Gasteiger partial charge on any atom is 0.223 e. The number of halogens is 1. The third-order valence-corrected chi connectivity index (χ3v) is 4.01. The molecule has 4 N–H and O–H groups in total. The highest BCUT2D eigenvalue weighted by atomic mass is 127. The lowest BCUT2D eigenvalue weighted by atomic mass is 10.1. The zero-order valence-corrected chi connectivity index (χ0v) is 14.9. The van der Waals surface area contributed by atoms with Crippen LogP contribution in [0.15, 0.2) is 23.2 Å². The average Bonchev–Trinajstić information content (AvgIpc) is 3.22. The van der Waals surface area contributed by atoms with Gasteiger partial charge in [0.15, 0.2) is 5.96 Å². The van der Waals surface area contributed by atoms with E-state index in [4.69, 9.17) is 5.73 Å². The monoisotopic (exact) mass is 414 g/mol. The van der Waals surface area contributed by atoms with Gasteiger partial charge in [0.2, 0.25) is 5.91 Å². The molecule has 0 unspecified atom stereocenters. The van der Waals surface area contributed by atoms with Crippen LogP contribution >= 0.6 is 24.0 Å². The number of aryl methyl sites for hydroxylation is 2. The van der Waals surface area contributed by atoms with E-state index < -0.39 is 0 Å². The summed E-state index contributed by atoms with van der Waals surface area (Å²) in [5.41, 5.74) is 9.70. The van der Waals surface area contributed by atoms with Crippen molar-refractivity contribution in [1.29, 1.82) is 0 Å². The summed E-state index contributed by atoms with van der Waals surface area (Å²) in [6.07, 6.45) is 5.62. The molecule has 3 rings (SSSR count). The molecule has 0 aliphatic heterocycles. The number of hydrogen-bond acceptors (Lipinski definition) is 2. The van der Waals surface area contributed by atoms with Crippen molar-refractivity contribution in [2.24, 2.45) is 16.6 Å². The minimum atomic E-state index is 0. The number of fused-ring (bicyclic) bond motifs is 1. The number of rotatable bonds is 5. The number of nitrogens with one attached hydrogen (secondary N) is 2. The molecule has 6 heteroatoms. The topological polar surface area (TPSA) is 79.5 Å². The van der Waals surface area contributed by atoms with Crippen molar-refractivity contribution >= 4 is 41.5 Å². The summed E-state index contributed by atoms with van der Waals surface area (Å²) in [5, 5.41) is 5.98. The molecule has 1 aromatic rings. The van der Waals surface area contributed by atoms with Gasteiger partial charge in [0.1, 0.15) is 0 Å². The van der Waals surface area contributed by atoms with Crippen molar-refractivity contribution in [3.05, 3.63) is 29.3 Å². The first-order chi connectivity index (χ1) is 10.2. The molecular weight excluding hydrogens is 391 g/mol. The second-order valence-electron chi connectivity index (χ2n) is 5.79. The number of benzene rings is 1. The SMILES string of the molecule is I.NC(=NCCNC(=O)C1CC1)Nc1ccc2c(c1)CCC2. The molecule has 0 saturated heterocycles. The zero-order chi connectivity index (χ0) is 14.7. The van der Waals surface area contributed by atoms with Crippen molar-refractivity contribution in [2.75, 3.05) is 18.4 Å². The number of guanidine groups is 1. The normalized spacial score (nSPS) is 16.6. The van der Waals surface area contributed by atoms with Gasteiger partial charge in [0, 0.05) is 18.2 Å². The van der Waals surface area contributed by atoms with Crippen LogP contribution in [0.5, 0.6) is 0 Å². The highest BCUT2D eigenvalue weighted by Gasteiger charge is 2.28. The van der Waals surface area contributed by atoms with E-state index in [2.05, 4.69) is 27.8 Å². The predicted octanol–water partition coefficient (Wildman–Crippen LogP) is 2.05. The Morgan fingerprint density at radius 2 is 2.05 bits per heavy atom. The molecule has 1 saturated carbocycles. The summed E-state index contributed by atoms with van der Waals surface area (Å²) >= 11 is 0. The van der Waals surface area contributed by atoms with E-state index in [0.29, 0.717) is 19.0 Å². The van der Waals surface area contributed by atoms with Crippen LogP contribution in [0.2, 0.25) is 0 Å². The number of hydrogen-bond donors (Lipinski definition) is 3. The minimum Gasteiger partial charge on any atom is -0.370 e. The van der Waals surface area contributed by atoms with Gasteiger partial charge in [0.25, 0.3) is 0 Å². The molecule has 0 bridgehead atoms. The van der Waals surface area contributed by atoms with E-state index in [0.717, 1.165) is 24.9 Å². The van der Waals surface area contributed by atoms with Gasteiger partial charge in [-0.2, -0.15) is 0 Å². The molecule has 2 aliphatic carbocycles. The Balaban J connectivity index is 0.00000176. The van der Waals surface area contributed by atoms with E-state index >= 15 is 0 Å². The van der Waals surface area contributed by atoms with E-state index in [-0.39, 0.29) is 35.8 Å². The van der Waals surface area contributed by atoms with Crippen molar-refractivity contribution in [1.82, 2.24) is 5.32 Å². The van der Waals surface area contributed by atoms with Gasteiger partial charge in [-0.25, -0.2) is 0 Å². The Morgan fingerprint density at radius 1 is 1.27 bits per heavy atom. The molecule has 1 aromatic carbocycles. The summed E-state index contributed by atoms with van der Waals surface area (Å²) in [4.78, 5) is 15.7. The fourth-order valence-corrected chi connectivity index (χ4v) is 2.68. The summed E-state index contributed by atoms with van der Waals surface area (Å²) in [7, 11) is 0. The Morgan fingerprint density at radius 3 is 2.82 bits per heavy atom. The fourth-order valence-electron chi connectivity index (χ4n) is 2.68. The number of nitrogens with two attached hydrogens (primary N) is 1. The maximum atomic E-state index is 11.4. The molecule has 22 heavy (non-hydrogen) atoms. The van der Waals surface area contributed by atoms with E-state index in [1.54, 1.807) is 0 Å². The van der Waals surface area contributed by atoms with Crippen molar-refractivity contribution in [3.63, 3.8) is 0 Å². The molecule has 0 heterocycles. The minimum absolute atomic E-state index is 0. The Bertz CT molecular complexity index is 569. The standard InChI is InChI=1S/C16H22N4O.HI/c17-16(19-9-8-18-15(21)12-4-5-12)20-14-7-6-11-2-1-3-13(11)10-14;/h6-7,10,12H,1-5,8-9H2,(H,18,21)(H3,17,19,20);1H. The van der Waals surface area contributed by atoms with Gasteiger partial charge >= 0.3 is 0 Å². The average molecular weight is 414 g/mol. The third kappa shape index (κ3) is 4.59. The smallest absolute Gasteiger partial charge is 0.223 e. The van der Waals surface area contributed by atoms with E-state index in [9.17, 15) is 4.79 Å². The fraction of sp³-hybridized carbons (Fsp3) is 0.500. The first-order valence-corrected chi connectivity index (χ1v) is 7.69. The van der Waals surface area contributed by atoms with Crippen LogP contribution in [-0.4, -0.2) is 25.0 Å². The molecule has 5 nitrogen and oxygen atoms in total. The summed E-state index contributed by atoms with van der Waals surface area (Å²) < 4.78 is 0. The molecule has 0 aromatic heterocycles. The number of aliphatic imine (C=N–C) groups is 1. The quantitative estimate of drug-likeness (QED) is 0.299. The summed E-state index contributed by atoms with van der Waals surface area (Å²) in [6.45, 7) is 1.05. The van der Waals surface area contributed by atoms with Crippen LogP contribution in [0.1, 0.15) is 30.4 Å². The lowest BCUT2D eigenvalue weighted by Gasteiger charge is -2.08. The van der Waals surface area contributed by atoms with Crippen LogP contribution in [-0.2, 0) is 17.6 Å². The highest BCUT2D eigenvalue weighted by molar-refractivity contribution is 14.0. The summed E-state index contributed by atoms with van der Waals surface area (Å²) in [5.74, 6) is 0.792. The Labute approximate surface area is 148 Å². The lowest BCUT2D eigenvalue weighted by Crippen LogP contribution is -2.29. The predicted molar refractivity (Wildman–Crippen MR) is 99.7 cm³/mol. The number of amides is 1.